The topological polar surface area (TPSA) is 67.8 Å². The van der Waals surface area contributed by atoms with Gasteiger partial charge in [-0.2, -0.15) is 0 Å². The third-order valence-electron chi connectivity index (χ3n) is 3.29. The van der Waals surface area contributed by atoms with Crippen LogP contribution in [-0.2, 0) is 17.8 Å². The summed E-state index contributed by atoms with van der Waals surface area (Å²) in [5, 5.41) is 5.85. The monoisotopic (exact) mass is 324 g/mol. The Morgan fingerprint density at radius 1 is 1.13 bits per heavy atom. The second-order valence-electron chi connectivity index (χ2n) is 4.96. The van der Waals surface area contributed by atoms with Gasteiger partial charge in [0.15, 0.2) is 0 Å². The normalized spacial score (nSPS) is 10.4. The predicted octanol–water partition coefficient (Wildman–Crippen LogP) is 2.85. The van der Waals surface area contributed by atoms with Gasteiger partial charge < -0.3 is 5.32 Å². The lowest BCUT2D eigenvalue weighted by Gasteiger charge is -2.03. The number of nitrogens with one attached hydrogen (secondary N) is 1. The number of thiazole rings is 1. The van der Waals surface area contributed by atoms with Crippen molar-refractivity contribution in [1.82, 2.24) is 20.3 Å². The quantitative estimate of drug-likeness (QED) is 0.757. The minimum atomic E-state index is 0.0105. The highest BCUT2D eigenvalue weighted by atomic mass is 32.1. The molecular formula is C17H16N4OS. The molecule has 0 saturated heterocycles. The van der Waals surface area contributed by atoms with Crippen LogP contribution >= 0.6 is 11.3 Å². The van der Waals surface area contributed by atoms with Crippen LogP contribution in [-0.4, -0.2) is 20.9 Å². The van der Waals surface area contributed by atoms with Crippen LogP contribution in [0.25, 0.3) is 11.3 Å². The van der Waals surface area contributed by atoms with Crippen LogP contribution in [0.15, 0.2) is 54.3 Å². The van der Waals surface area contributed by atoms with E-state index in [1.807, 2.05) is 35.7 Å². The Hall–Kier alpha value is -2.60. The Bertz CT molecular complexity index is 759. The molecule has 0 unspecified atom stereocenters. The van der Waals surface area contributed by atoms with Gasteiger partial charge in [-0.3, -0.25) is 14.8 Å². The number of carbonyl (C=O) groups is 1. The van der Waals surface area contributed by atoms with Crippen molar-refractivity contribution in [3.05, 3.63) is 65.0 Å². The Morgan fingerprint density at radius 3 is 2.78 bits per heavy atom. The van der Waals surface area contributed by atoms with Gasteiger partial charge in [-0.15, -0.1) is 11.3 Å². The standard InChI is InChI=1S/C17H16N4OS/c22-16(20-11-14-3-1-2-8-19-14)4-5-17-21-15(12-23-17)13-6-9-18-10-7-13/h1-3,6-10,12H,4-5,11H2,(H,20,22). The summed E-state index contributed by atoms with van der Waals surface area (Å²) in [5.74, 6) is 0.0105. The van der Waals surface area contributed by atoms with Crippen LogP contribution in [0.2, 0.25) is 0 Å². The molecule has 5 nitrogen and oxygen atoms in total. The van der Waals surface area contributed by atoms with E-state index in [1.54, 1.807) is 29.9 Å². The van der Waals surface area contributed by atoms with Crippen molar-refractivity contribution in [3.8, 4) is 11.3 Å². The van der Waals surface area contributed by atoms with Gasteiger partial charge in [-0.05, 0) is 24.3 Å². The van der Waals surface area contributed by atoms with Crippen molar-refractivity contribution < 1.29 is 4.79 Å². The summed E-state index contributed by atoms with van der Waals surface area (Å²) >= 11 is 1.58. The lowest BCUT2D eigenvalue weighted by molar-refractivity contribution is -0.121. The molecule has 1 amide bonds. The highest BCUT2D eigenvalue weighted by Crippen LogP contribution is 2.21. The van der Waals surface area contributed by atoms with E-state index in [0.717, 1.165) is 22.0 Å². The summed E-state index contributed by atoms with van der Waals surface area (Å²) in [6, 6.07) is 9.51. The summed E-state index contributed by atoms with van der Waals surface area (Å²) in [5.41, 5.74) is 2.83. The fourth-order valence-corrected chi connectivity index (χ4v) is 2.89. The Morgan fingerprint density at radius 2 is 2.00 bits per heavy atom. The number of hydrogen-bond acceptors (Lipinski definition) is 5. The number of rotatable bonds is 6. The summed E-state index contributed by atoms with van der Waals surface area (Å²) in [4.78, 5) is 24.6. The Balaban J connectivity index is 1.49. The average Bonchev–Trinajstić information content (AvgIpc) is 3.09. The van der Waals surface area contributed by atoms with Gasteiger partial charge in [-0.1, -0.05) is 6.07 Å². The second-order valence-corrected chi connectivity index (χ2v) is 5.90. The van der Waals surface area contributed by atoms with Crippen LogP contribution in [0, 0.1) is 0 Å². The van der Waals surface area contributed by atoms with E-state index >= 15 is 0 Å². The van der Waals surface area contributed by atoms with Crippen molar-refractivity contribution in [2.75, 3.05) is 0 Å². The van der Waals surface area contributed by atoms with Gasteiger partial charge in [0, 0.05) is 42.4 Å². The van der Waals surface area contributed by atoms with E-state index in [1.165, 1.54) is 0 Å². The molecule has 3 aromatic rings. The zero-order valence-electron chi connectivity index (χ0n) is 12.5. The molecule has 3 rings (SSSR count). The van der Waals surface area contributed by atoms with Gasteiger partial charge in [0.25, 0.3) is 0 Å². The maximum Gasteiger partial charge on any atom is 0.220 e. The van der Waals surface area contributed by atoms with Gasteiger partial charge in [-0.25, -0.2) is 4.98 Å². The van der Waals surface area contributed by atoms with Crippen molar-refractivity contribution >= 4 is 17.2 Å². The number of pyridine rings is 2. The number of hydrogen-bond donors (Lipinski definition) is 1. The van der Waals surface area contributed by atoms with E-state index in [0.29, 0.717) is 19.4 Å². The van der Waals surface area contributed by atoms with Gasteiger partial charge in [0.2, 0.25) is 5.91 Å². The minimum Gasteiger partial charge on any atom is -0.350 e. The van der Waals surface area contributed by atoms with E-state index < -0.39 is 0 Å². The largest absolute Gasteiger partial charge is 0.350 e. The van der Waals surface area contributed by atoms with Crippen LogP contribution in [0.3, 0.4) is 0 Å². The third-order valence-corrected chi connectivity index (χ3v) is 4.20. The van der Waals surface area contributed by atoms with Gasteiger partial charge in [0.1, 0.15) is 0 Å². The first-order valence-corrected chi connectivity index (χ1v) is 8.20. The summed E-state index contributed by atoms with van der Waals surface area (Å²) in [6.07, 6.45) is 6.29. The number of carbonyl (C=O) groups excluding carboxylic acids is 1. The zero-order valence-corrected chi connectivity index (χ0v) is 13.3. The fraction of sp³-hybridized carbons (Fsp3) is 0.176. The number of amides is 1. The lowest BCUT2D eigenvalue weighted by atomic mass is 10.2. The van der Waals surface area contributed by atoms with Crippen LogP contribution in [0.5, 0.6) is 0 Å². The zero-order chi connectivity index (χ0) is 15.9. The number of nitrogens with zero attached hydrogens (tertiary/aromatic N) is 3. The first-order chi connectivity index (χ1) is 11.3. The first kappa shape index (κ1) is 15.3. The van der Waals surface area contributed by atoms with Crippen molar-refractivity contribution in [2.45, 2.75) is 19.4 Å². The SMILES string of the molecule is O=C(CCc1nc(-c2ccncc2)cs1)NCc1ccccn1. The molecule has 0 spiro atoms. The first-order valence-electron chi connectivity index (χ1n) is 7.32. The fourth-order valence-electron chi connectivity index (χ4n) is 2.08. The maximum atomic E-state index is 11.9. The lowest BCUT2D eigenvalue weighted by Crippen LogP contribution is -2.23. The average molecular weight is 324 g/mol. The molecule has 0 radical (unpaired) electrons. The maximum absolute atomic E-state index is 11.9. The molecular weight excluding hydrogens is 308 g/mol. The molecule has 23 heavy (non-hydrogen) atoms. The Kier molecular flexibility index (Phi) is 5.06. The van der Waals surface area contributed by atoms with Gasteiger partial charge in [0.05, 0.1) is 22.9 Å². The minimum absolute atomic E-state index is 0.0105. The molecule has 3 aromatic heterocycles. The van der Waals surface area contributed by atoms with Crippen molar-refractivity contribution in [3.63, 3.8) is 0 Å². The molecule has 0 aliphatic rings. The summed E-state index contributed by atoms with van der Waals surface area (Å²) in [7, 11) is 0. The molecule has 0 saturated carbocycles. The smallest absolute Gasteiger partial charge is 0.220 e. The van der Waals surface area contributed by atoms with Crippen LogP contribution in [0.4, 0.5) is 0 Å². The summed E-state index contributed by atoms with van der Waals surface area (Å²) < 4.78 is 0. The van der Waals surface area contributed by atoms with Crippen LogP contribution in [0.1, 0.15) is 17.1 Å². The van der Waals surface area contributed by atoms with E-state index in [-0.39, 0.29) is 5.91 Å². The summed E-state index contributed by atoms with van der Waals surface area (Å²) in [6.45, 7) is 0.458. The van der Waals surface area contributed by atoms with Crippen molar-refractivity contribution in [2.24, 2.45) is 0 Å². The van der Waals surface area contributed by atoms with E-state index in [9.17, 15) is 4.79 Å². The number of aromatic nitrogens is 3. The Labute approximate surface area is 138 Å². The van der Waals surface area contributed by atoms with Gasteiger partial charge >= 0.3 is 0 Å². The molecule has 0 aliphatic carbocycles. The molecule has 6 heteroatoms. The van der Waals surface area contributed by atoms with E-state index in [4.69, 9.17) is 0 Å². The molecule has 0 fully saturated rings. The van der Waals surface area contributed by atoms with Crippen LogP contribution < -0.4 is 5.32 Å². The molecule has 1 N–H and O–H groups in total. The van der Waals surface area contributed by atoms with E-state index in [2.05, 4.69) is 20.3 Å². The predicted molar refractivity (Wildman–Crippen MR) is 89.7 cm³/mol. The molecule has 0 aromatic carbocycles. The third kappa shape index (κ3) is 4.43. The molecule has 0 atom stereocenters. The molecule has 116 valence electrons. The highest BCUT2D eigenvalue weighted by molar-refractivity contribution is 7.09. The second kappa shape index (κ2) is 7.60. The molecule has 0 aliphatic heterocycles. The number of aryl methyl sites for hydroxylation is 1. The van der Waals surface area contributed by atoms with Crippen molar-refractivity contribution in [1.29, 1.82) is 0 Å². The highest BCUT2D eigenvalue weighted by Gasteiger charge is 2.07. The molecule has 0 bridgehead atoms. The molecule has 3 heterocycles.